The topological polar surface area (TPSA) is 47.8 Å². The zero-order valence-corrected chi connectivity index (χ0v) is 19.6. The van der Waals surface area contributed by atoms with E-state index in [1.165, 1.54) is 0 Å². The van der Waals surface area contributed by atoms with Gasteiger partial charge >= 0.3 is 0 Å². The second-order valence-electron chi connectivity index (χ2n) is 8.24. The van der Waals surface area contributed by atoms with E-state index in [0.29, 0.717) is 6.61 Å². The molecule has 0 aliphatic rings. The van der Waals surface area contributed by atoms with Gasteiger partial charge in [0.2, 0.25) is 0 Å². The molecule has 34 heavy (non-hydrogen) atoms. The maximum Gasteiger partial charge on any atom is 0.181 e. The molecule has 0 amide bonds. The Kier molecular flexibility index (Phi) is 5.91. The number of hydrogen-bond acceptors (Lipinski definition) is 4. The van der Waals surface area contributed by atoms with E-state index in [1.54, 1.807) is 7.11 Å². The highest BCUT2D eigenvalue weighted by molar-refractivity contribution is 5.84. The minimum Gasteiger partial charge on any atom is -0.496 e. The van der Waals surface area contributed by atoms with E-state index in [2.05, 4.69) is 49.5 Å². The SMILES string of the molecule is COc1ccccc1-c1nc2c(OCc3ccccc3)cccn2c1Nc1c(C)cccc1C. The third-order valence-corrected chi connectivity index (χ3v) is 5.94. The van der Waals surface area contributed by atoms with Crippen LogP contribution in [-0.2, 0) is 6.61 Å². The Morgan fingerprint density at radius 2 is 1.50 bits per heavy atom. The first kappa shape index (κ1) is 21.6. The number of pyridine rings is 1. The molecule has 3 aromatic carbocycles. The third-order valence-electron chi connectivity index (χ3n) is 5.94. The van der Waals surface area contributed by atoms with Gasteiger partial charge in [0.25, 0.3) is 0 Å². The average molecular weight is 450 g/mol. The van der Waals surface area contributed by atoms with Crippen LogP contribution >= 0.6 is 0 Å². The summed E-state index contributed by atoms with van der Waals surface area (Å²) in [6.07, 6.45) is 2.01. The molecule has 0 atom stereocenters. The molecule has 0 saturated heterocycles. The van der Waals surface area contributed by atoms with Crippen molar-refractivity contribution >= 4 is 17.2 Å². The molecular weight excluding hydrogens is 422 g/mol. The van der Waals surface area contributed by atoms with Gasteiger partial charge in [-0.05, 0) is 54.8 Å². The van der Waals surface area contributed by atoms with Crippen molar-refractivity contribution in [2.24, 2.45) is 0 Å². The Bertz CT molecular complexity index is 1420. The van der Waals surface area contributed by atoms with Gasteiger partial charge in [-0.2, -0.15) is 0 Å². The molecule has 0 radical (unpaired) electrons. The minimum atomic E-state index is 0.469. The summed E-state index contributed by atoms with van der Waals surface area (Å²) >= 11 is 0. The number of nitrogens with zero attached hydrogens (tertiary/aromatic N) is 2. The first-order valence-corrected chi connectivity index (χ1v) is 11.3. The Balaban J connectivity index is 1.66. The lowest BCUT2D eigenvalue weighted by molar-refractivity contribution is 0.308. The average Bonchev–Trinajstić information content (AvgIpc) is 3.24. The van der Waals surface area contributed by atoms with Crippen molar-refractivity contribution < 1.29 is 9.47 Å². The van der Waals surface area contributed by atoms with Crippen molar-refractivity contribution in [3.63, 3.8) is 0 Å². The van der Waals surface area contributed by atoms with Gasteiger partial charge in [0.15, 0.2) is 11.4 Å². The van der Waals surface area contributed by atoms with E-state index in [4.69, 9.17) is 14.5 Å². The lowest BCUT2D eigenvalue weighted by Crippen LogP contribution is -2.02. The van der Waals surface area contributed by atoms with Crippen LogP contribution in [0.15, 0.2) is 91.1 Å². The van der Waals surface area contributed by atoms with Gasteiger partial charge in [-0.1, -0.05) is 60.7 Å². The van der Waals surface area contributed by atoms with Crippen LogP contribution in [0.4, 0.5) is 11.5 Å². The monoisotopic (exact) mass is 449 g/mol. The van der Waals surface area contributed by atoms with Crippen molar-refractivity contribution in [1.82, 2.24) is 9.38 Å². The van der Waals surface area contributed by atoms with E-state index in [0.717, 1.165) is 56.6 Å². The molecule has 0 spiro atoms. The number of ether oxygens (including phenoxy) is 2. The van der Waals surface area contributed by atoms with E-state index < -0.39 is 0 Å². The summed E-state index contributed by atoms with van der Waals surface area (Å²) in [5, 5.41) is 3.67. The number of methoxy groups -OCH3 is 1. The maximum absolute atomic E-state index is 6.22. The molecule has 5 heteroatoms. The zero-order valence-electron chi connectivity index (χ0n) is 19.6. The normalized spacial score (nSPS) is 10.9. The molecule has 170 valence electrons. The van der Waals surface area contributed by atoms with Crippen molar-refractivity contribution in [1.29, 1.82) is 0 Å². The Morgan fingerprint density at radius 1 is 0.794 bits per heavy atom. The molecule has 0 unspecified atom stereocenters. The second-order valence-corrected chi connectivity index (χ2v) is 8.24. The fourth-order valence-electron chi connectivity index (χ4n) is 4.17. The number of aryl methyl sites for hydroxylation is 2. The number of benzene rings is 3. The maximum atomic E-state index is 6.22. The molecular formula is C29H27N3O2. The third kappa shape index (κ3) is 4.08. The second kappa shape index (κ2) is 9.32. The predicted molar refractivity (Wildman–Crippen MR) is 137 cm³/mol. The number of imidazole rings is 1. The number of anilines is 2. The molecule has 0 saturated carbocycles. The van der Waals surface area contributed by atoms with Gasteiger partial charge in [0.05, 0.1) is 7.11 Å². The number of nitrogens with one attached hydrogen (secondary N) is 1. The van der Waals surface area contributed by atoms with Gasteiger partial charge in [-0.25, -0.2) is 4.98 Å². The quantitative estimate of drug-likeness (QED) is 0.292. The van der Waals surface area contributed by atoms with Crippen molar-refractivity contribution in [2.45, 2.75) is 20.5 Å². The highest BCUT2D eigenvalue weighted by Gasteiger charge is 2.20. The summed E-state index contributed by atoms with van der Waals surface area (Å²) < 4.78 is 13.9. The number of rotatable bonds is 7. The molecule has 0 bridgehead atoms. The molecule has 5 nitrogen and oxygen atoms in total. The van der Waals surface area contributed by atoms with Gasteiger partial charge in [0, 0.05) is 17.4 Å². The van der Waals surface area contributed by atoms with E-state index >= 15 is 0 Å². The van der Waals surface area contributed by atoms with Gasteiger partial charge in [-0.15, -0.1) is 0 Å². The van der Waals surface area contributed by atoms with Crippen LogP contribution in [0.3, 0.4) is 0 Å². The number of hydrogen-bond donors (Lipinski definition) is 1. The van der Waals surface area contributed by atoms with Crippen LogP contribution in [0.5, 0.6) is 11.5 Å². The van der Waals surface area contributed by atoms with Crippen LogP contribution in [0, 0.1) is 13.8 Å². The molecule has 0 fully saturated rings. The lowest BCUT2D eigenvalue weighted by atomic mass is 10.1. The zero-order chi connectivity index (χ0) is 23.5. The summed E-state index contributed by atoms with van der Waals surface area (Å²) in [5.41, 5.74) is 6.96. The molecule has 0 aliphatic heterocycles. The van der Waals surface area contributed by atoms with E-state index in [-0.39, 0.29) is 0 Å². The summed E-state index contributed by atoms with van der Waals surface area (Å²) in [4.78, 5) is 5.05. The fourth-order valence-corrected chi connectivity index (χ4v) is 4.17. The summed E-state index contributed by atoms with van der Waals surface area (Å²) in [6, 6.07) is 28.3. The predicted octanol–water partition coefficient (Wildman–Crippen LogP) is 6.95. The number of fused-ring (bicyclic) bond motifs is 1. The van der Waals surface area contributed by atoms with E-state index in [9.17, 15) is 0 Å². The van der Waals surface area contributed by atoms with Crippen molar-refractivity contribution in [3.8, 4) is 22.8 Å². The minimum absolute atomic E-state index is 0.469. The van der Waals surface area contributed by atoms with Gasteiger partial charge < -0.3 is 14.8 Å². The van der Waals surface area contributed by atoms with Crippen LogP contribution in [0.2, 0.25) is 0 Å². The fraction of sp³-hybridized carbons (Fsp3) is 0.138. The highest BCUT2D eigenvalue weighted by Crippen LogP contribution is 2.39. The summed E-state index contributed by atoms with van der Waals surface area (Å²) in [5.74, 6) is 2.35. The standard InChI is InChI=1S/C29H27N3O2/c1-20-11-9-12-21(2)26(20)30-29-27(23-15-7-8-16-24(23)33-3)31-28-25(17-10-18-32(28)29)34-19-22-13-5-4-6-14-22/h4-18,30H,19H2,1-3H3. The van der Waals surface area contributed by atoms with Gasteiger partial charge in [-0.3, -0.25) is 4.40 Å². The summed E-state index contributed by atoms with van der Waals surface area (Å²) in [6.45, 7) is 4.68. The van der Waals surface area contributed by atoms with Crippen LogP contribution in [0.25, 0.3) is 16.9 Å². The molecule has 1 N–H and O–H groups in total. The van der Waals surface area contributed by atoms with E-state index in [1.807, 2.05) is 65.2 Å². The molecule has 0 aliphatic carbocycles. The molecule has 5 rings (SSSR count). The molecule has 2 heterocycles. The molecule has 5 aromatic rings. The number of aromatic nitrogens is 2. The molecule has 2 aromatic heterocycles. The Hall–Kier alpha value is -4.25. The van der Waals surface area contributed by atoms with Crippen LogP contribution in [0.1, 0.15) is 16.7 Å². The van der Waals surface area contributed by atoms with Crippen LogP contribution < -0.4 is 14.8 Å². The number of para-hydroxylation sites is 2. The first-order valence-electron chi connectivity index (χ1n) is 11.3. The van der Waals surface area contributed by atoms with Crippen molar-refractivity contribution in [3.05, 3.63) is 108 Å². The Morgan fingerprint density at radius 3 is 2.26 bits per heavy atom. The van der Waals surface area contributed by atoms with Crippen LogP contribution in [-0.4, -0.2) is 16.5 Å². The Labute approximate surface area is 199 Å². The lowest BCUT2D eigenvalue weighted by Gasteiger charge is -2.15. The largest absolute Gasteiger partial charge is 0.496 e. The smallest absolute Gasteiger partial charge is 0.181 e. The van der Waals surface area contributed by atoms with Crippen molar-refractivity contribution in [2.75, 3.05) is 12.4 Å². The highest BCUT2D eigenvalue weighted by atomic mass is 16.5. The summed E-state index contributed by atoms with van der Waals surface area (Å²) in [7, 11) is 1.68. The first-order chi connectivity index (χ1) is 16.7. The van der Waals surface area contributed by atoms with Gasteiger partial charge in [0.1, 0.15) is 23.9 Å².